The summed E-state index contributed by atoms with van der Waals surface area (Å²) in [6, 6.07) is 0.569. The second-order valence-electron chi connectivity index (χ2n) is 3.47. The van der Waals surface area contributed by atoms with Crippen LogP contribution in [-0.4, -0.2) is 21.4 Å². The summed E-state index contributed by atoms with van der Waals surface area (Å²) < 4.78 is 7.47. The SMILES string of the molecule is CCOCc1nnc(CN)n1C1CC1. The summed E-state index contributed by atoms with van der Waals surface area (Å²) >= 11 is 0. The molecule has 5 nitrogen and oxygen atoms in total. The maximum Gasteiger partial charge on any atom is 0.159 e. The molecular formula is C9H16N4O. The largest absolute Gasteiger partial charge is 0.374 e. The highest BCUT2D eigenvalue weighted by Gasteiger charge is 2.28. The van der Waals surface area contributed by atoms with Crippen molar-refractivity contribution in [3.63, 3.8) is 0 Å². The Bertz CT molecular complexity index is 306. The molecule has 1 heterocycles. The monoisotopic (exact) mass is 196 g/mol. The van der Waals surface area contributed by atoms with Crippen LogP contribution in [0.25, 0.3) is 0 Å². The molecule has 78 valence electrons. The number of hydrogen-bond acceptors (Lipinski definition) is 4. The van der Waals surface area contributed by atoms with Crippen LogP contribution in [-0.2, 0) is 17.9 Å². The quantitative estimate of drug-likeness (QED) is 0.749. The van der Waals surface area contributed by atoms with Crippen LogP contribution < -0.4 is 5.73 Å². The second kappa shape index (κ2) is 4.06. The number of aromatic nitrogens is 3. The zero-order valence-electron chi connectivity index (χ0n) is 8.44. The number of nitrogens with zero attached hydrogens (tertiary/aromatic N) is 3. The standard InChI is InChI=1S/C9H16N4O/c1-2-14-6-9-12-11-8(5-10)13(9)7-3-4-7/h7H,2-6,10H2,1H3. The molecule has 1 aliphatic rings. The summed E-state index contributed by atoms with van der Waals surface area (Å²) in [5, 5.41) is 8.15. The van der Waals surface area contributed by atoms with Crippen molar-refractivity contribution in [2.75, 3.05) is 6.61 Å². The molecule has 14 heavy (non-hydrogen) atoms. The third kappa shape index (κ3) is 1.78. The molecule has 1 aromatic rings. The Kier molecular flexibility index (Phi) is 2.79. The highest BCUT2D eigenvalue weighted by molar-refractivity contribution is 5.01. The minimum absolute atomic E-state index is 0.454. The lowest BCUT2D eigenvalue weighted by atomic mass is 10.5. The van der Waals surface area contributed by atoms with Gasteiger partial charge in [-0.3, -0.25) is 0 Å². The maximum atomic E-state index is 5.59. The molecule has 0 unspecified atom stereocenters. The molecule has 0 bridgehead atoms. The van der Waals surface area contributed by atoms with Gasteiger partial charge in [-0.1, -0.05) is 0 Å². The second-order valence-corrected chi connectivity index (χ2v) is 3.47. The topological polar surface area (TPSA) is 66.0 Å². The highest BCUT2D eigenvalue weighted by atomic mass is 16.5. The lowest BCUT2D eigenvalue weighted by Crippen LogP contribution is -2.10. The third-order valence-electron chi connectivity index (χ3n) is 2.37. The minimum Gasteiger partial charge on any atom is -0.374 e. The van der Waals surface area contributed by atoms with Crippen LogP contribution in [0.2, 0.25) is 0 Å². The zero-order chi connectivity index (χ0) is 9.97. The molecule has 0 aromatic carbocycles. The van der Waals surface area contributed by atoms with E-state index in [1.54, 1.807) is 0 Å². The average molecular weight is 196 g/mol. The van der Waals surface area contributed by atoms with Crippen molar-refractivity contribution in [1.82, 2.24) is 14.8 Å². The smallest absolute Gasteiger partial charge is 0.159 e. The van der Waals surface area contributed by atoms with Gasteiger partial charge in [0.05, 0.1) is 6.54 Å². The fourth-order valence-corrected chi connectivity index (χ4v) is 1.55. The number of nitrogens with two attached hydrogens (primary N) is 1. The molecule has 0 spiro atoms. The molecule has 1 aromatic heterocycles. The van der Waals surface area contributed by atoms with Gasteiger partial charge in [-0.15, -0.1) is 10.2 Å². The Balaban J connectivity index is 2.16. The van der Waals surface area contributed by atoms with Crippen molar-refractivity contribution in [1.29, 1.82) is 0 Å². The first-order valence-electron chi connectivity index (χ1n) is 5.07. The molecule has 1 fully saturated rings. The Labute approximate surface area is 83.3 Å². The number of rotatable bonds is 5. The Morgan fingerprint density at radius 2 is 2.14 bits per heavy atom. The van der Waals surface area contributed by atoms with Gasteiger partial charge in [0.2, 0.25) is 0 Å². The van der Waals surface area contributed by atoms with Crippen molar-refractivity contribution in [2.45, 2.75) is 39.0 Å². The van der Waals surface area contributed by atoms with E-state index < -0.39 is 0 Å². The van der Waals surface area contributed by atoms with E-state index in [0.717, 1.165) is 11.6 Å². The van der Waals surface area contributed by atoms with Crippen molar-refractivity contribution in [3.8, 4) is 0 Å². The van der Waals surface area contributed by atoms with Gasteiger partial charge in [-0.2, -0.15) is 0 Å². The predicted octanol–water partition coefficient (Wildman–Crippen LogP) is 0.608. The Morgan fingerprint density at radius 3 is 2.71 bits per heavy atom. The summed E-state index contributed by atoms with van der Waals surface area (Å²) in [7, 11) is 0. The molecule has 0 aliphatic heterocycles. The molecule has 2 rings (SSSR count). The van der Waals surface area contributed by atoms with Gasteiger partial charge in [0.25, 0.3) is 0 Å². The predicted molar refractivity (Wildman–Crippen MR) is 51.5 cm³/mol. The first kappa shape index (κ1) is 9.61. The first-order chi connectivity index (χ1) is 6.86. The molecule has 0 amide bonds. The van der Waals surface area contributed by atoms with E-state index in [9.17, 15) is 0 Å². The molecule has 0 radical (unpaired) electrons. The van der Waals surface area contributed by atoms with E-state index in [4.69, 9.17) is 10.5 Å². The molecule has 1 aliphatic carbocycles. The number of hydrogen-bond donors (Lipinski definition) is 1. The van der Waals surface area contributed by atoms with Gasteiger partial charge in [0, 0.05) is 12.6 Å². The highest BCUT2D eigenvalue weighted by Crippen LogP contribution is 2.36. The van der Waals surface area contributed by atoms with Gasteiger partial charge in [0.15, 0.2) is 5.82 Å². The maximum absolute atomic E-state index is 5.59. The van der Waals surface area contributed by atoms with E-state index in [1.165, 1.54) is 12.8 Å². The average Bonchev–Trinajstić information content (AvgIpc) is 2.96. The molecule has 5 heteroatoms. The van der Waals surface area contributed by atoms with Gasteiger partial charge in [-0.05, 0) is 19.8 Å². The first-order valence-corrected chi connectivity index (χ1v) is 5.07. The zero-order valence-corrected chi connectivity index (χ0v) is 8.44. The minimum atomic E-state index is 0.454. The summed E-state index contributed by atoms with van der Waals surface area (Å²) in [5.74, 6) is 1.79. The van der Waals surface area contributed by atoms with E-state index in [0.29, 0.717) is 25.8 Å². The van der Waals surface area contributed by atoms with Crippen LogP contribution in [0, 0.1) is 0 Å². The number of ether oxygens (including phenoxy) is 1. The van der Waals surface area contributed by atoms with Gasteiger partial charge in [0.1, 0.15) is 12.4 Å². The van der Waals surface area contributed by atoms with E-state index in [2.05, 4.69) is 14.8 Å². The molecule has 2 N–H and O–H groups in total. The lowest BCUT2D eigenvalue weighted by Gasteiger charge is -2.07. The van der Waals surface area contributed by atoms with E-state index in [-0.39, 0.29) is 0 Å². The lowest BCUT2D eigenvalue weighted by molar-refractivity contribution is 0.125. The molecular weight excluding hydrogens is 180 g/mol. The Hall–Kier alpha value is -0.940. The van der Waals surface area contributed by atoms with Crippen molar-refractivity contribution >= 4 is 0 Å². The van der Waals surface area contributed by atoms with Crippen molar-refractivity contribution < 1.29 is 4.74 Å². The molecule has 0 saturated heterocycles. The van der Waals surface area contributed by atoms with Crippen molar-refractivity contribution in [2.24, 2.45) is 5.73 Å². The van der Waals surface area contributed by atoms with Gasteiger partial charge in [-0.25, -0.2) is 0 Å². The van der Waals surface area contributed by atoms with Crippen LogP contribution in [0.5, 0.6) is 0 Å². The van der Waals surface area contributed by atoms with E-state index in [1.807, 2.05) is 6.92 Å². The Morgan fingerprint density at radius 1 is 1.43 bits per heavy atom. The van der Waals surface area contributed by atoms with Crippen LogP contribution in [0.3, 0.4) is 0 Å². The van der Waals surface area contributed by atoms with E-state index >= 15 is 0 Å². The van der Waals surface area contributed by atoms with Crippen molar-refractivity contribution in [3.05, 3.63) is 11.6 Å². The van der Waals surface area contributed by atoms with Crippen LogP contribution in [0.4, 0.5) is 0 Å². The third-order valence-corrected chi connectivity index (χ3v) is 2.37. The summed E-state index contributed by atoms with van der Waals surface area (Å²) in [6.07, 6.45) is 2.42. The summed E-state index contributed by atoms with van der Waals surface area (Å²) in [6.45, 7) is 3.67. The molecule has 1 saturated carbocycles. The van der Waals surface area contributed by atoms with Gasteiger partial charge < -0.3 is 15.0 Å². The fraction of sp³-hybridized carbons (Fsp3) is 0.778. The van der Waals surface area contributed by atoms with Gasteiger partial charge >= 0.3 is 0 Å². The van der Waals surface area contributed by atoms with Crippen LogP contribution >= 0.6 is 0 Å². The van der Waals surface area contributed by atoms with Crippen LogP contribution in [0.1, 0.15) is 37.5 Å². The fourth-order valence-electron chi connectivity index (χ4n) is 1.55. The summed E-state index contributed by atoms with van der Waals surface area (Å²) in [5.41, 5.74) is 5.59. The van der Waals surface area contributed by atoms with Crippen LogP contribution in [0.15, 0.2) is 0 Å². The molecule has 0 atom stereocenters. The summed E-state index contributed by atoms with van der Waals surface area (Å²) in [4.78, 5) is 0. The normalized spacial score (nSPS) is 16.1.